The van der Waals surface area contributed by atoms with E-state index in [4.69, 9.17) is 9.84 Å². The molecule has 2 N–H and O–H groups in total. The zero-order chi connectivity index (χ0) is 9.40. The van der Waals surface area contributed by atoms with Crippen LogP contribution in [0.3, 0.4) is 0 Å². The highest BCUT2D eigenvalue weighted by molar-refractivity contribution is 4.59. The van der Waals surface area contributed by atoms with E-state index in [1.807, 2.05) is 18.9 Å². The Balaban J connectivity index is 3.33. The Morgan fingerprint density at radius 2 is 2.17 bits per heavy atom. The first-order chi connectivity index (χ1) is 5.70. The Morgan fingerprint density at radius 1 is 1.50 bits per heavy atom. The van der Waals surface area contributed by atoms with E-state index < -0.39 is 6.10 Å². The molecule has 0 aromatic carbocycles. The largest absolute Gasteiger partial charge is 0.395 e. The molecule has 1 unspecified atom stereocenters. The number of ether oxygens (including phenoxy) is 1. The number of hydrogen-bond donors (Lipinski definition) is 2. The quantitative estimate of drug-likeness (QED) is 0.540. The molecule has 0 aliphatic heterocycles. The SMILES string of the molecule is CCOCC(O)CN(C)CCO. The van der Waals surface area contributed by atoms with Crippen molar-refractivity contribution >= 4 is 0 Å². The molecule has 0 fully saturated rings. The van der Waals surface area contributed by atoms with Crippen molar-refractivity contribution in [2.75, 3.05) is 40.0 Å². The van der Waals surface area contributed by atoms with Gasteiger partial charge < -0.3 is 19.8 Å². The summed E-state index contributed by atoms with van der Waals surface area (Å²) in [4.78, 5) is 1.86. The molecule has 1 atom stereocenters. The summed E-state index contributed by atoms with van der Waals surface area (Å²) in [6.07, 6.45) is -0.457. The zero-order valence-corrected chi connectivity index (χ0v) is 7.86. The summed E-state index contributed by atoms with van der Waals surface area (Å²) in [6, 6.07) is 0. The average Bonchev–Trinajstić information content (AvgIpc) is 2.01. The van der Waals surface area contributed by atoms with Gasteiger partial charge in [-0.3, -0.25) is 0 Å². The van der Waals surface area contributed by atoms with Crippen molar-refractivity contribution in [2.24, 2.45) is 0 Å². The molecular formula is C8H19NO3. The summed E-state index contributed by atoms with van der Waals surface area (Å²) in [7, 11) is 1.85. The molecule has 0 saturated heterocycles. The van der Waals surface area contributed by atoms with E-state index in [0.29, 0.717) is 26.3 Å². The Hall–Kier alpha value is -0.160. The predicted octanol–water partition coefficient (Wildman–Crippen LogP) is -0.692. The lowest BCUT2D eigenvalue weighted by Crippen LogP contribution is -2.33. The van der Waals surface area contributed by atoms with Crippen molar-refractivity contribution in [1.29, 1.82) is 0 Å². The van der Waals surface area contributed by atoms with Gasteiger partial charge in [-0.05, 0) is 14.0 Å². The summed E-state index contributed by atoms with van der Waals surface area (Å²) in [6.45, 7) is 4.14. The number of rotatable bonds is 7. The van der Waals surface area contributed by atoms with Crippen molar-refractivity contribution in [2.45, 2.75) is 13.0 Å². The highest BCUT2D eigenvalue weighted by atomic mass is 16.5. The van der Waals surface area contributed by atoms with Crippen LogP contribution in [-0.4, -0.2) is 61.2 Å². The third-order valence-corrected chi connectivity index (χ3v) is 1.52. The molecule has 0 saturated carbocycles. The monoisotopic (exact) mass is 177 g/mol. The summed E-state index contributed by atoms with van der Waals surface area (Å²) in [5, 5.41) is 17.9. The first kappa shape index (κ1) is 11.8. The van der Waals surface area contributed by atoms with Crippen LogP contribution in [0.25, 0.3) is 0 Å². The second kappa shape index (κ2) is 7.49. The van der Waals surface area contributed by atoms with E-state index in [0.717, 1.165) is 0 Å². The first-order valence-electron chi connectivity index (χ1n) is 4.26. The standard InChI is InChI=1S/C8H19NO3/c1-3-12-7-8(11)6-9(2)4-5-10/h8,10-11H,3-7H2,1-2H3. The van der Waals surface area contributed by atoms with Gasteiger partial charge in [0, 0.05) is 19.7 Å². The number of aliphatic hydroxyl groups is 2. The Morgan fingerprint density at radius 3 is 2.67 bits per heavy atom. The molecule has 12 heavy (non-hydrogen) atoms. The van der Waals surface area contributed by atoms with Gasteiger partial charge in [0.1, 0.15) is 0 Å². The maximum absolute atomic E-state index is 9.33. The molecule has 0 heterocycles. The van der Waals surface area contributed by atoms with Crippen molar-refractivity contribution in [3.8, 4) is 0 Å². The smallest absolute Gasteiger partial charge is 0.0900 e. The van der Waals surface area contributed by atoms with E-state index in [1.54, 1.807) is 0 Å². The van der Waals surface area contributed by atoms with Gasteiger partial charge in [0.25, 0.3) is 0 Å². The lowest BCUT2D eigenvalue weighted by atomic mass is 10.3. The molecule has 0 spiro atoms. The van der Waals surface area contributed by atoms with Gasteiger partial charge in [0.05, 0.1) is 19.3 Å². The fourth-order valence-corrected chi connectivity index (χ4v) is 0.928. The van der Waals surface area contributed by atoms with Gasteiger partial charge in [-0.25, -0.2) is 0 Å². The molecule has 4 nitrogen and oxygen atoms in total. The maximum atomic E-state index is 9.33. The Labute approximate surface area is 73.8 Å². The second-order valence-corrected chi connectivity index (χ2v) is 2.80. The lowest BCUT2D eigenvalue weighted by molar-refractivity contribution is 0.0234. The average molecular weight is 177 g/mol. The van der Waals surface area contributed by atoms with E-state index in [-0.39, 0.29) is 6.61 Å². The maximum Gasteiger partial charge on any atom is 0.0900 e. The van der Waals surface area contributed by atoms with Crippen molar-refractivity contribution < 1.29 is 14.9 Å². The Bertz CT molecular complexity index is 100. The minimum absolute atomic E-state index is 0.123. The number of aliphatic hydroxyl groups excluding tert-OH is 2. The summed E-state index contributed by atoms with van der Waals surface area (Å²) >= 11 is 0. The van der Waals surface area contributed by atoms with Gasteiger partial charge in [-0.15, -0.1) is 0 Å². The van der Waals surface area contributed by atoms with Crippen LogP contribution >= 0.6 is 0 Å². The molecule has 0 aromatic heterocycles. The summed E-state index contributed by atoms with van der Waals surface area (Å²) in [5.74, 6) is 0. The molecule has 74 valence electrons. The molecule has 0 rings (SSSR count). The fourth-order valence-electron chi connectivity index (χ4n) is 0.928. The molecule has 0 amide bonds. The van der Waals surface area contributed by atoms with Crippen LogP contribution in [0.2, 0.25) is 0 Å². The second-order valence-electron chi connectivity index (χ2n) is 2.80. The molecule has 0 aliphatic rings. The van der Waals surface area contributed by atoms with Crippen molar-refractivity contribution in [1.82, 2.24) is 4.90 Å². The van der Waals surface area contributed by atoms with E-state index in [9.17, 15) is 5.11 Å². The van der Waals surface area contributed by atoms with Crippen LogP contribution in [-0.2, 0) is 4.74 Å². The van der Waals surface area contributed by atoms with E-state index in [1.165, 1.54) is 0 Å². The third kappa shape index (κ3) is 6.54. The van der Waals surface area contributed by atoms with Crippen molar-refractivity contribution in [3.05, 3.63) is 0 Å². The van der Waals surface area contributed by atoms with E-state index >= 15 is 0 Å². The highest BCUT2D eigenvalue weighted by Gasteiger charge is 2.06. The normalized spacial score (nSPS) is 13.8. The van der Waals surface area contributed by atoms with Gasteiger partial charge >= 0.3 is 0 Å². The molecule has 4 heteroatoms. The minimum atomic E-state index is -0.457. The van der Waals surface area contributed by atoms with Crippen LogP contribution in [0.5, 0.6) is 0 Å². The third-order valence-electron chi connectivity index (χ3n) is 1.52. The van der Waals surface area contributed by atoms with E-state index in [2.05, 4.69) is 0 Å². The number of nitrogens with zero attached hydrogens (tertiary/aromatic N) is 1. The minimum Gasteiger partial charge on any atom is -0.395 e. The van der Waals surface area contributed by atoms with Crippen LogP contribution in [0, 0.1) is 0 Å². The topological polar surface area (TPSA) is 52.9 Å². The van der Waals surface area contributed by atoms with Crippen LogP contribution in [0.1, 0.15) is 6.92 Å². The fraction of sp³-hybridized carbons (Fsp3) is 1.00. The van der Waals surface area contributed by atoms with Crippen LogP contribution in [0.4, 0.5) is 0 Å². The van der Waals surface area contributed by atoms with Crippen LogP contribution < -0.4 is 0 Å². The zero-order valence-electron chi connectivity index (χ0n) is 7.86. The van der Waals surface area contributed by atoms with Crippen molar-refractivity contribution in [3.63, 3.8) is 0 Å². The predicted molar refractivity (Wildman–Crippen MR) is 47.1 cm³/mol. The molecular weight excluding hydrogens is 158 g/mol. The van der Waals surface area contributed by atoms with Gasteiger partial charge in [-0.2, -0.15) is 0 Å². The highest BCUT2D eigenvalue weighted by Crippen LogP contribution is 1.89. The van der Waals surface area contributed by atoms with Gasteiger partial charge in [0.2, 0.25) is 0 Å². The molecule has 0 aliphatic carbocycles. The lowest BCUT2D eigenvalue weighted by Gasteiger charge is -2.18. The van der Waals surface area contributed by atoms with Crippen LogP contribution in [0.15, 0.2) is 0 Å². The molecule has 0 aromatic rings. The summed E-state index contributed by atoms with van der Waals surface area (Å²) in [5.41, 5.74) is 0. The molecule has 0 bridgehead atoms. The summed E-state index contributed by atoms with van der Waals surface area (Å²) < 4.78 is 5.04. The van der Waals surface area contributed by atoms with Gasteiger partial charge in [0.15, 0.2) is 0 Å². The Kier molecular flexibility index (Phi) is 7.39. The first-order valence-corrected chi connectivity index (χ1v) is 4.26. The number of likely N-dealkylation sites (N-methyl/N-ethyl adjacent to an activating group) is 1. The van der Waals surface area contributed by atoms with Gasteiger partial charge in [-0.1, -0.05) is 0 Å². The molecule has 0 radical (unpaired) electrons. The number of hydrogen-bond acceptors (Lipinski definition) is 4.